The molecule has 2 amide bonds. The number of hydrogen-bond donors (Lipinski definition) is 0. The number of hydrogen-bond acceptors (Lipinski definition) is 8. The number of amides is 2. The molecule has 1 saturated heterocycles. The van der Waals surface area contributed by atoms with Gasteiger partial charge in [-0.15, -0.1) is 0 Å². The van der Waals surface area contributed by atoms with Gasteiger partial charge in [0.25, 0.3) is 16.8 Å². The molecular weight excluding hydrogens is 424 g/mol. The summed E-state index contributed by atoms with van der Waals surface area (Å²) in [5, 5.41) is 10.4. The van der Waals surface area contributed by atoms with Crippen LogP contribution >= 0.6 is 11.8 Å². The number of methoxy groups -OCH3 is 1. The third-order valence-corrected chi connectivity index (χ3v) is 5.36. The van der Waals surface area contributed by atoms with Crippen LogP contribution < -0.4 is 4.74 Å². The van der Waals surface area contributed by atoms with Crippen molar-refractivity contribution in [2.45, 2.75) is 19.6 Å². The lowest BCUT2D eigenvalue weighted by molar-refractivity contribution is -0.384. The fraction of sp³-hybridized carbons (Fsp3) is 0.190. The van der Waals surface area contributed by atoms with Gasteiger partial charge < -0.3 is 9.47 Å². The maximum atomic E-state index is 12.7. The van der Waals surface area contributed by atoms with Gasteiger partial charge in [0.05, 0.1) is 16.9 Å². The van der Waals surface area contributed by atoms with Crippen LogP contribution in [-0.2, 0) is 20.9 Å². The van der Waals surface area contributed by atoms with Crippen molar-refractivity contribution in [3.05, 3.63) is 74.7 Å². The number of carbonyl (C=O) groups excluding carboxylic acids is 3. The van der Waals surface area contributed by atoms with Gasteiger partial charge in [-0.3, -0.25) is 24.6 Å². The predicted molar refractivity (Wildman–Crippen MR) is 113 cm³/mol. The van der Waals surface area contributed by atoms with Crippen molar-refractivity contribution in [2.24, 2.45) is 0 Å². The zero-order chi connectivity index (χ0) is 22.5. The van der Waals surface area contributed by atoms with Crippen LogP contribution in [0.25, 0.3) is 6.08 Å². The molecule has 0 bridgehead atoms. The number of esters is 1. The number of nitro groups is 1. The standard InChI is InChI=1S/C21H18N2O7S/c1-13(20(25)29-2)22-19(24)18(31-21(22)26)11-15-7-3-4-9-17(15)30-12-14-6-5-8-16(10-14)23(27)28/h3-11,13H,12H2,1-2H3/b18-11+/t13-/m0/s1. The van der Waals surface area contributed by atoms with Crippen LogP contribution in [0.2, 0.25) is 0 Å². The van der Waals surface area contributed by atoms with Crippen LogP contribution in [0.1, 0.15) is 18.1 Å². The second kappa shape index (κ2) is 9.43. The molecule has 0 aliphatic carbocycles. The number of nitro benzene ring substituents is 1. The average molecular weight is 442 g/mol. The first-order valence-electron chi connectivity index (χ1n) is 9.12. The molecule has 31 heavy (non-hydrogen) atoms. The van der Waals surface area contributed by atoms with Gasteiger partial charge in [0.2, 0.25) is 0 Å². The summed E-state index contributed by atoms with van der Waals surface area (Å²) in [5.74, 6) is -0.854. The maximum Gasteiger partial charge on any atom is 0.328 e. The maximum absolute atomic E-state index is 12.7. The number of nitrogens with zero attached hydrogens (tertiary/aromatic N) is 2. The Bertz CT molecular complexity index is 1080. The lowest BCUT2D eigenvalue weighted by atomic mass is 10.1. The summed E-state index contributed by atoms with van der Waals surface area (Å²) in [6, 6.07) is 11.9. The van der Waals surface area contributed by atoms with Crippen LogP contribution in [0.4, 0.5) is 10.5 Å². The largest absolute Gasteiger partial charge is 0.488 e. The minimum Gasteiger partial charge on any atom is -0.488 e. The van der Waals surface area contributed by atoms with Crippen LogP contribution in [0.5, 0.6) is 5.75 Å². The van der Waals surface area contributed by atoms with Gasteiger partial charge in [0, 0.05) is 17.7 Å². The number of carbonyl (C=O) groups is 3. The Labute approximate surface area is 181 Å². The molecule has 1 atom stereocenters. The molecule has 1 fully saturated rings. The van der Waals surface area contributed by atoms with Gasteiger partial charge in [-0.2, -0.15) is 0 Å². The summed E-state index contributed by atoms with van der Waals surface area (Å²) in [6.45, 7) is 1.49. The van der Waals surface area contributed by atoms with E-state index in [1.807, 2.05) is 0 Å². The monoisotopic (exact) mass is 442 g/mol. The Morgan fingerprint density at radius 3 is 2.68 bits per heavy atom. The van der Waals surface area contributed by atoms with E-state index < -0.39 is 28.1 Å². The highest BCUT2D eigenvalue weighted by atomic mass is 32.2. The first-order valence-corrected chi connectivity index (χ1v) is 9.93. The zero-order valence-corrected chi connectivity index (χ0v) is 17.5. The molecule has 9 nitrogen and oxygen atoms in total. The quantitative estimate of drug-likeness (QED) is 0.275. The molecule has 160 valence electrons. The fourth-order valence-electron chi connectivity index (χ4n) is 2.88. The van der Waals surface area contributed by atoms with Gasteiger partial charge >= 0.3 is 5.97 Å². The number of non-ortho nitro benzene ring substituents is 1. The van der Waals surface area contributed by atoms with Crippen LogP contribution in [-0.4, -0.2) is 40.1 Å². The zero-order valence-electron chi connectivity index (χ0n) is 16.6. The SMILES string of the molecule is COC(=O)[C@H](C)N1C(=O)S/C(=C/c2ccccc2OCc2cccc([N+](=O)[O-])c2)C1=O. The van der Waals surface area contributed by atoms with Gasteiger partial charge in [-0.05, 0) is 36.4 Å². The lowest BCUT2D eigenvalue weighted by Gasteiger charge is -2.18. The normalized spacial score (nSPS) is 15.8. The van der Waals surface area contributed by atoms with E-state index in [1.54, 1.807) is 36.4 Å². The van der Waals surface area contributed by atoms with Crippen molar-refractivity contribution in [2.75, 3.05) is 7.11 Å². The predicted octanol–water partition coefficient (Wildman–Crippen LogP) is 3.77. The van der Waals surface area contributed by atoms with Gasteiger partial charge in [0.1, 0.15) is 18.4 Å². The molecule has 2 aromatic carbocycles. The molecule has 1 heterocycles. The molecule has 1 aliphatic heterocycles. The van der Waals surface area contributed by atoms with E-state index in [2.05, 4.69) is 4.74 Å². The van der Waals surface area contributed by atoms with Crippen molar-refractivity contribution >= 4 is 40.6 Å². The molecule has 2 aromatic rings. The van der Waals surface area contributed by atoms with Crippen molar-refractivity contribution in [3.8, 4) is 5.75 Å². The molecule has 3 rings (SSSR count). The number of para-hydroxylation sites is 1. The summed E-state index contributed by atoms with van der Waals surface area (Å²) in [5.41, 5.74) is 1.11. The summed E-state index contributed by atoms with van der Waals surface area (Å²) in [7, 11) is 1.18. The molecule has 0 radical (unpaired) electrons. The van der Waals surface area contributed by atoms with E-state index in [9.17, 15) is 24.5 Å². The van der Waals surface area contributed by atoms with Crippen LogP contribution in [0.3, 0.4) is 0 Å². The van der Waals surface area contributed by atoms with E-state index in [1.165, 1.54) is 32.2 Å². The third-order valence-electron chi connectivity index (χ3n) is 4.47. The number of thioether (sulfide) groups is 1. The van der Waals surface area contributed by atoms with E-state index in [-0.39, 0.29) is 17.2 Å². The third kappa shape index (κ3) is 4.92. The second-order valence-electron chi connectivity index (χ2n) is 6.50. The van der Waals surface area contributed by atoms with E-state index >= 15 is 0 Å². The van der Waals surface area contributed by atoms with E-state index in [0.29, 0.717) is 16.9 Å². The lowest BCUT2D eigenvalue weighted by Crippen LogP contribution is -2.42. The number of rotatable bonds is 7. The highest BCUT2D eigenvalue weighted by Crippen LogP contribution is 2.35. The molecule has 0 aromatic heterocycles. The molecule has 0 unspecified atom stereocenters. The Morgan fingerprint density at radius 1 is 1.23 bits per heavy atom. The second-order valence-corrected chi connectivity index (χ2v) is 7.50. The van der Waals surface area contributed by atoms with Crippen LogP contribution in [0, 0.1) is 10.1 Å². The number of ether oxygens (including phenoxy) is 2. The van der Waals surface area contributed by atoms with E-state index in [0.717, 1.165) is 16.7 Å². The summed E-state index contributed by atoms with van der Waals surface area (Å²) in [6.07, 6.45) is 1.51. The Kier molecular flexibility index (Phi) is 6.71. The molecule has 1 aliphatic rings. The highest BCUT2D eigenvalue weighted by molar-refractivity contribution is 8.18. The minimum absolute atomic E-state index is 0.0391. The highest BCUT2D eigenvalue weighted by Gasteiger charge is 2.41. The first kappa shape index (κ1) is 22.0. The van der Waals surface area contributed by atoms with Gasteiger partial charge in [-0.25, -0.2) is 4.79 Å². The Hall–Kier alpha value is -3.66. The molecule has 0 saturated carbocycles. The molecular formula is C21H18N2O7S. The first-order chi connectivity index (χ1) is 14.8. The van der Waals surface area contributed by atoms with Crippen LogP contribution in [0.15, 0.2) is 53.4 Å². The average Bonchev–Trinajstić information content (AvgIpc) is 3.04. The molecule has 0 N–H and O–H groups in total. The van der Waals surface area contributed by atoms with Crippen molar-refractivity contribution in [3.63, 3.8) is 0 Å². The summed E-state index contributed by atoms with van der Waals surface area (Å²) in [4.78, 5) is 48.1. The molecule has 0 spiro atoms. The van der Waals surface area contributed by atoms with Gasteiger partial charge in [-0.1, -0.05) is 30.3 Å². The molecule has 10 heteroatoms. The smallest absolute Gasteiger partial charge is 0.328 e. The summed E-state index contributed by atoms with van der Waals surface area (Å²) >= 11 is 0.721. The van der Waals surface area contributed by atoms with Crippen molar-refractivity contribution in [1.29, 1.82) is 0 Å². The fourth-order valence-corrected chi connectivity index (χ4v) is 3.78. The number of benzene rings is 2. The summed E-state index contributed by atoms with van der Waals surface area (Å²) < 4.78 is 10.4. The van der Waals surface area contributed by atoms with Gasteiger partial charge in [0.15, 0.2) is 0 Å². The van der Waals surface area contributed by atoms with E-state index in [4.69, 9.17) is 4.74 Å². The number of imide groups is 1. The minimum atomic E-state index is -1.04. The Balaban J connectivity index is 1.80. The van der Waals surface area contributed by atoms with Crippen molar-refractivity contribution in [1.82, 2.24) is 4.90 Å². The Morgan fingerprint density at radius 2 is 1.97 bits per heavy atom. The van der Waals surface area contributed by atoms with Crippen molar-refractivity contribution < 1.29 is 28.8 Å². The topological polar surface area (TPSA) is 116 Å².